The lowest BCUT2D eigenvalue weighted by molar-refractivity contribution is -0.116. The van der Waals surface area contributed by atoms with Gasteiger partial charge in [0.2, 0.25) is 11.9 Å². The molecule has 7 nitrogen and oxygen atoms in total. The maximum Gasteiger partial charge on any atom is 0.255 e. The summed E-state index contributed by atoms with van der Waals surface area (Å²) >= 11 is 0. The van der Waals surface area contributed by atoms with Crippen molar-refractivity contribution in [2.75, 3.05) is 29.6 Å². The van der Waals surface area contributed by atoms with Crippen molar-refractivity contribution in [1.82, 2.24) is 9.55 Å². The van der Waals surface area contributed by atoms with Gasteiger partial charge in [-0.1, -0.05) is 6.07 Å². The molecule has 1 heterocycles. The second-order valence-corrected chi connectivity index (χ2v) is 7.64. The van der Waals surface area contributed by atoms with Crippen LogP contribution < -0.4 is 21.1 Å². The number of carbonyl (C=O) groups is 1. The molecule has 1 aromatic heterocycles. The first-order valence-corrected chi connectivity index (χ1v) is 9.72. The predicted octanol–water partition coefficient (Wildman–Crippen LogP) is 3.62. The average Bonchev–Trinajstić information content (AvgIpc) is 2.64. The van der Waals surface area contributed by atoms with Crippen LogP contribution in [0.1, 0.15) is 16.8 Å². The van der Waals surface area contributed by atoms with E-state index in [-0.39, 0.29) is 18.0 Å². The summed E-state index contributed by atoms with van der Waals surface area (Å²) in [6, 6.07) is 14.9. The maximum absolute atomic E-state index is 12.6. The number of anilines is 4. The highest BCUT2D eigenvalue weighted by Crippen LogP contribution is 2.19. The minimum atomic E-state index is -0.302. The molecule has 2 aromatic carbocycles. The summed E-state index contributed by atoms with van der Waals surface area (Å²) in [5, 5.41) is 6.03. The van der Waals surface area contributed by atoms with Gasteiger partial charge in [0.15, 0.2) is 0 Å². The molecule has 0 radical (unpaired) electrons. The van der Waals surface area contributed by atoms with Gasteiger partial charge in [-0.2, -0.15) is 0 Å². The number of hydrogen-bond acceptors (Lipinski definition) is 5. The summed E-state index contributed by atoms with van der Waals surface area (Å²) < 4.78 is 1.34. The van der Waals surface area contributed by atoms with Gasteiger partial charge in [-0.3, -0.25) is 14.2 Å². The Morgan fingerprint density at radius 2 is 1.60 bits per heavy atom. The Labute approximate surface area is 176 Å². The lowest BCUT2D eigenvalue weighted by atomic mass is 10.1. The van der Waals surface area contributed by atoms with E-state index in [4.69, 9.17) is 0 Å². The highest BCUT2D eigenvalue weighted by molar-refractivity contribution is 5.91. The van der Waals surface area contributed by atoms with Gasteiger partial charge >= 0.3 is 0 Å². The monoisotopic (exact) mass is 405 g/mol. The van der Waals surface area contributed by atoms with E-state index >= 15 is 0 Å². The maximum atomic E-state index is 12.6. The molecule has 0 spiro atoms. The molecule has 156 valence electrons. The van der Waals surface area contributed by atoms with E-state index in [0.29, 0.717) is 17.3 Å². The number of aryl methyl sites for hydroxylation is 3. The number of nitrogens with one attached hydrogen (secondary N) is 2. The molecule has 30 heavy (non-hydrogen) atoms. The Morgan fingerprint density at radius 1 is 0.967 bits per heavy atom. The van der Waals surface area contributed by atoms with Crippen molar-refractivity contribution in [2.45, 2.75) is 27.3 Å². The molecule has 2 N–H and O–H groups in total. The molecule has 1 amide bonds. The number of aromatic nitrogens is 2. The van der Waals surface area contributed by atoms with Crippen molar-refractivity contribution in [3.8, 4) is 0 Å². The third-order valence-corrected chi connectivity index (χ3v) is 4.58. The van der Waals surface area contributed by atoms with E-state index in [2.05, 4.69) is 21.7 Å². The number of carbonyl (C=O) groups excluding carboxylic acids is 1. The van der Waals surface area contributed by atoms with Crippen LogP contribution in [0.2, 0.25) is 0 Å². The van der Waals surface area contributed by atoms with Crippen LogP contribution in [0.5, 0.6) is 0 Å². The fourth-order valence-corrected chi connectivity index (χ4v) is 3.23. The van der Waals surface area contributed by atoms with E-state index in [1.54, 1.807) is 6.92 Å². The normalized spacial score (nSPS) is 10.6. The molecule has 0 saturated heterocycles. The van der Waals surface area contributed by atoms with Crippen LogP contribution in [0.4, 0.5) is 23.0 Å². The van der Waals surface area contributed by atoms with Gasteiger partial charge < -0.3 is 15.5 Å². The summed E-state index contributed by atoms with van der Waals surface area (Å²) in [6.45, 7) is 5.62. The summed E-state index contributed by atoms with van der Waals surface area (Å²) in [6.07, 6.45) is 0. The molecular weight excluding hydrogens is 378 g/mol. The van der Waals surface area contributed by atoms with Gasteiger partial charge in [0.25, 0.3) is 5.56 Å². The number of amides is 1. The Morgan fingerprint density at radius 3 is 2.20 bits per heavy atom. The van der Waals surface area contributed by atoms with Crippen molar-refractivity contribution >= 4 is 28.9 Å². The summed E-state index contributed by atoms with van der Waals surface area (Å²) in [4.78, 5) is 31.6. The number of benzene rings is 2. The number of rotatable bonds is 6. The van der Waals surface area contributed by atoms with Gasteiger partial charge in [-0.05, 0) is 68.3 Å². The fourth-order valence-electron chi connectivity index (χ4n) is 3.23. The van der Waals surface area contributed by atoms with E-state index in [0.717, 1.165) is 22.5 Å². The van der Waals surface area contributed by atoms with Crippen molar-refractivity contribution in [3.63, 3.8) is 0 Å². The van der Waals surface area contributed by atoms with Crippen LogP contribution in [0, 0.1) is 20.8 Å². The van der Waals surface area contributed by atoms with Gasteiger partial charge in [-0.25, -0.2) is 4.98 Å². The van der Waals surface area contributed by atoms with Gasteiger partial charge in [0, 0.05) is 42.9 Å². The highest BCUT2D eigenvalue weighted by Gasteiger charge is 2.12. The molecular formula is C23H27N5O2. The van der Waals surface area contributed by atoms with Crippen molar-refractivity contribution in [3.05, 3.63) is 75.7 Å². The van der Waals surface area contributed by atoms with Crippen LogP contribution in [-0.4, -0.2) is 29.6 Å². The standard InChI is InChI=1S/C23H27N5O2/c1-15-10-16(2)12-19(11-15)26-23-24-17(3)13-22(30)28(23)14-21(29)25-18-6-8-20(9-7-18)27(4)5/h6-13H,14H2,1-5H3,(H,24,26)(H,25,29). The molecule has 0 fully saturated rings. The zero-order chi connectivity index (χ0) is 21.8. The predicted molar refractivity (Wildman–Crippen MR) is 122 cm³/mol. The lowest BCUT2D eigenvalue weighted by Gasteiger charge is -2.16. The number of nitrogens with zero attached hydrogens (tertiary/aromatic N) is 3. The van der Waals surface area contributed by atoms with E-state index < -0.39 is 0 Å². The van der Waals surface area contributed by atoms with E-state index in [1.165, 1.54) is 10.6 Å². The zero-order valence-electron chi connectivity index (χ0n) is 18.0. The van der Waals surface area contributed by atoms with Crippen molar-refractivity contribution in [2.24, 2.45) is 0 Å². The number of hydrogen-bond donors (Lipinski definition) is 2. The smallest absolute Gasteiger partial charge is 0.255 e. The molecule has 3 aromatic rings. The molecule has 0 aliphatic carbocycles. The topological polar surface area (TPSA) is 79.3 Å². The van der Waals surface area contributed by atoms with Crippen LogP contribution in [0.15, 0.2) is 53.3 Å². The van der Waals surface area contributed by atoms with Crippen molar-refractivity contribution < 1.29 is 4.79 Å². The average molecular weight is 406 g/mol. The Hall–Kier alpha value is -3.61. The largest absolute Gasteiger partial charge is 0.378 e. The van der Waals surface area contributed by atoms with E-state index in [1.807, 2.05) is 69.2 Å². The first-order chi connectivity index (χ1) is 14.2. The Balaban J connectivity index is 1.82. The van der Waals surface area contributed by atoms with Gasteiger partial charge in [0.1, 0.15) is 6.54 Å². The van der Waals surface area contributed by atoms with Crippen LogP contribution in [-0.2, 0) is 11.3 Å². The van der Waals surface area contributed by atoms with Crippen molar-refractivity contribution in [1.29, 1.82) is 0 Å². The van der Waals surface area contributed by atoms with Gasteiger partial charge in [-0.15, -0.1) is 0 Å². The minimum Gasteiger partial charge on any atom is -0.378 e. The third-order valence-electron chi connectivity index (χ3n) is 4.58. The van der Waals surface area contributed by atoms with E-state index in [9.17, 15) is 9.59 Å². The van der Waals surface area contributed by atoms with Gasteiger partial charge in [0.05, 0.1) is 0 Å². The Kier molecular flexibility index (Phi) is 6.20. The summed E-state index contributed by atoms with van der Waals surface area (Å²) in [5.74, 6) is 0.0342. The Bertz CT molecular complexity index is 1100. The zero-order valence-corrected chi connectivity index (χ0v) is 18.0. The molecule has 0 aliphatic heterocycles. The first-order valence-electron chi connectivity index (χ1n) is 9.72. The highest BCUT2D eigenvalue weighted by atomic mass is 16.2. The minimum absolute atomic E-state index is 0.144. The second-order valence-electron chi connectivity index (χ2n) is 7.64. The molecule has 0 atom stereocenters. The molecule has 0 bridgehead atoms. The molecule has 0 saturated carbocycles. The molecule has 3 rings (SSSR count). The quantitative estimate of drug-likeness (QED) is 0.655. The third kappa shape index (κ3) is 5.26. The molecule has 0 unspecified atom stereocenters. The SMILES string of the molecule is Cc1cc(C)cc(Nc2nc(C)cc(=O)n2CC(=O)Nc2ccc(N(C)C)cc2)c1. The van der Waals surface area contributed by atoms with Crippen LogP contribution in [0.3, 0.4) is 0 Å². The second kappa shape index (κ2) is 8.82. The molecule has 7 heteroatoms. The summed E-state index contributed by atoms with van der Waals surface area (Å²) in [5.41, 5.74) is 5.01. The summed E-state index contributed by atoms with van der Waals surface area (Å²) in [7, 11) is 3.91. The van der Waals surface area contributed by atoms with Crippen LogP contribution >= 0.6 is 0 Å². The molecule has 0 aliphatic rings. The lowest BCUT2D eigenvalue weighted by Crippen LogP contribution is -2.30. The van der Waals surface area contributed by atoms with Crippen LogP contribution in [0.25, 0.3) is 0 Å². The fraction of sp³-hybridized carbons (Fsp3) is 0.261. The first kappa shape index (κ1) is 21.1.